The van der Waals surface area contributed by atoms with Crippen LogP contribution in [0.3, 0.4) is 0 Å². The Kier molecular flexibility index (Phi) is 6.37. The minimum Gasteiger partial charge on any atom is -0.492 e. The summed E-state index contributed by atoms with van der Waals surface area (Å²) < 4.78 is 5.52. The molecule has 0 atom stereocenters. The smallest absolute Gasteiger partial charge is 0.137 e. The fraction of sp³-hybridized carbons (Fsp3) is 0.188. The highest BCUT2D eigenvalue weighted by Gasteiger charge is 2.02. The third-order valence-corrected chi connectivity index (χ3v) is 3.78. The quantitative estimate of drug-likeness (QED) is 0.517. The summed E-state index contributed by atoms with van der Waals surface area (Å²) in [5.74, 6) is 0.679. The third kappa shape index (κ3) is 4.80. The van der Waals surface area contributed by atoms with E-state index in [1.54, 1.807) is 30.5 Å². The van der Waals surface area contributed by atoms with Crippen molar-refractivity contribution in [3.63, 3.8) is 0 Å². The van der Waals surface area contributed by atoms with E-state index >= 15 is 0 Å². The first-order valence-corrected chi connectivity index (χ1v) is 7.90. The average Bonchev–Trinajstić information content (AvgIpc) is 2.50. The molecule has 0 unspecified atom stereocenters. The highest BCUT2D eigenvalue weighted by atomic mass is 35.5. The Labute approximate surface area is 144 Å². The molecule has 1 N–H and O–H groups in total. The van der Waals surface area contributed by atoms with Crippen LogP contribution in [0.1, 0.15) is 18.9 Å². The molecular formula is C16H15Cl3N2O. The van der Waals surface area contributed by atoms with E-state index in [1.165, 1.54) is 0 Å². The lowest BCUT2D eigenvalue weighted by atomic mass is 10.2. The Hall–Kier alpha value is -1.42. The molecule has 0 aliphatic carbocycles. The van der Waals surface area contributed by atoms with Crippen LogP contribution in [0.15, 0.2) is 41.5 Å². The number of ether oxygens (including phenoxy) is 1. The normalized spacial score (nSPS) is 10.9. The van der Waals surface area contributed by atoms with Gasteiger partial charge in [0.15, 0.2) is 0 Å². The molecule has 0 aromatic heterocycles. The van der Waals surface area contributed by atoms with Crippen LogP contribution < -0.4 is 10.2 Å². The Bertz CT molecular complexity index is 674. The maximum absolute atomic E-state index is 6.16. The van der Waals surface area contributed by atoms with Crippen molar-refractivity contribution >= 4 is 46.7 Å². The van der Waals surface area contributed by atoms with E-state index in [9.17, 15) is 0 Å². The fourth-order valence-corrected chi connectivity index (χ4v) is 2.22. The van der Waals surface area contributed by atoms with Gasteiger partial charge in [-0.2, -0.15) is 5.10 Å². The van der Waals surface area contributed by atoms with Gasteiger partial charge < -0.3 is 4.74 Å². The van der Waals surface area contributed by atoms with Gasteiger partial charge in [0.25, 0.3) is 0 Å². The molecule has 2 aromatic rings. The molecule has 22 heavy (non-hydrogen) atoms. The van der Waals surface area contributed by atoms with Crippen molar-refractivity contribution < 1.29 is 4.74 Å². The second-order valence-electron chi connectivity index (χ2n) is 4.54. The summed E-state index contributed by atoms with van der Waals surface area (Å²) in [7, 11) is 0. The molecule has 0 bridgehead atoms. The van der Waals surface area contributed by atoms with Crippen molar-refractivity contribution in [2.24, 2.45) is 5.10 Å². The van der Waals surface area contributed by atoms with Crippen LogP contribution in [-0.2, 0) is 0 Å². The van der Waals surface area contributed by atoms with E-state index in [0.717, 1.165) is 17.7 Å². The van der Waals surface area contributed by atoms with Crippen molar-refractivity contribution in [3.8, 4) is 5.75 Å². The third-order valence-electron chi connectivity index (χ3n) is 2.74. The summed E-state index contributed by atoms with van der Waals surface area (Å²) in [6.45, 7) is 2.69. The van der Waals surface area contributed by atoms with Crippen LogP contribution in [0.4, 0.5) is 5.69 Å². The standard InChI is InChI=1S/C16H15Cl3N2O/c1-2-7-22-16-6-3-11(8-15(16)19)10-20-21-12-4-5-13(17)14(18)9-12/h3-6,8-10,21H,2,7H2,1H3. The minimum atomic E-state index is 0.474. The fourth-order valence-electron chi connectivity index (χ4n) is 1.67. The molecule has 3 nitrogen and oxygen atoms in total. The highest BCUT2D eigenvalue weighted by molar-refractivity contribution is 6.42. The minimum absolute atomic E-state index is 0.474. The summed E-state index contributed by atoms with van der Waals surface area (Å²) in [6, 6.07) is 10.7. The van der Waals surface area contributed by atoms with Gasteiger partial charge >= 0.3 is 0 Å². The molecule has 0 heterocycles. The second kappa shape index (κ2) is 8.28. The van der Waals surface area contributed by atoms with Crippen molar-refractivity contribution in [1.82, 2.24) is 0 Å². The lowest BCUT2D eigenvalue weighted by Gasteiger charge is -2.07. The zero-order valence-corrected chi connectivity index (χ0v) is 14.2. The zero-order chi connectivity index (χ0) is 15.9. The molecule has 0 amide bonds. The topological polar surface area (TPSA) is 33.6 Å². The molecule has 0 radical (unpaired) electrons. The van der Waals surface area contributed by atoms with Crippen molar-refractivity contribution in [2.75, 3.05) is 12.0 Å². The summed E-state index contributed by atoms with van der Waals surface area (Å²) >= 11 is 17.9. The first-order valence-electron chi connectivity index (χ1n) is 6.76. The molecular weight excluding hydrogens is 343 g/mol. The SMILES string of the molecule is CCCOc1ccc(C=NNc2ccc(Cl)c(Cl)c2)cc1Cl. The Morgan fingerprint density at radius 1 is 1.05 bits per heavy atom. The Morgan fingerprint density at radius 2 is 1.86 bits per heavy atom. The van der Waals surface area contributed by atoms with Gasteiger partial charge in [0.05, 0.1) is 33.6 Å². The first-order chi connectivity index (χ1) is 10.6. The highest BCUT2D eigenvalue weighted by Crippen LogP contribution is 2.26. The first kappa shape index (κ1) is 16.9. The van der Waals surface area contributed by atoms with Crippen molar-refractivity contribution in [2.45, 2.75) is 13.3 Å². The molecule has 0 saturated carbocycles. The number of benzene rings is 2. The number of hydrazone groups is 1. The number of anilines is 1. The van der Waals surface area contributed by atoms with E-state index in [1.807, 2.05) is 19.1 Å². The van der Waals surface area contributed by atoms with E-state index in [-0.39, 0.29) is 0 Å². The molecule has 0 saturated heterocycles. The summed E-state index contributed by atoms with van der Waals surface area (Å²) in [5, 5.41) is 5.68. The number of nitrogens with zero attached hydrogens (tertiary/aromatic N) is 1. The lowest BCUT2D eigenvalue weighted by Crippen LogP contribution is -1.96. The summed E-state index contributed by atoms with van der Waals surface area (Å²) in [6.07, 6.45) is 2.60. The van der Waals surface area contributed by atoms with Gasteiger partial charge in [-0.3, -0.25) is 5.43 Å². The van der Waals surface area contributed by atoms with Crippen LogP contribution in [-0.4, -0.2) is 12.8 Å². The zero-order valence-electron chi connectivity index (χ0n) is 11.9. The van der Waals surface area contributed by atoms with Gasteiger partial charge in [-0.15, -0.1) is 0 Å². The van der Waals surface area contributed by atoms with Gasteiger partial charge in [0.2, 0.25) is 0 Å². The van der Waals surface area contributed by atoms with Gasteiger partial charge in [-0.25, -0.2) is 0 Å². The molecule has 116 valence electrons. The Balaban J connectivity index is 2.00. The largest absolute Gasteiger partial charge is 0.492 e. The second-order valence-corrected chi connectivity index (χ2v) is 5.76. The molecule has 2 rings (SSSR count). The van der Waals surface area contributed by atoms with E-state index < -0.39 is 0 Å². The predicted molar refractivity (Wildman–Crippen MR) is 94.9 cm³/mol. The molecule has 6 heteroatoms. The number of rotatable bonds is 6. The number of nitrogens with one attached hydrogen (secondary N) is 1. The van der Waals surface area contributed by atoms with E-state index in [0.29, 0.717) is 27.4 Å². The molecule has 0 spiro atoms. The average molecular weight is 358 g/mol. The van der Waals surface area contributed by atoms with Gasteiger partial charge in [-0.05, 0) is 48.4 Å². The summed E-state index contributed by atoms with van der Waals surface area (Å²) in [5.41, 5.74) is 4.49. The molecule has 0 aliphatic rings. The van der Waals surface area contributed by atoms with Crippen molar-refractivity contribution in [1.29, 1.82) is 0 Å². The van der Waals surface area contributed by atoms with Gasteiger partial charge in [0.1, 0.15) is 5.75 Å². The van der Waals surface area contributed by atoms with Gasteiger partial charge in [-0.1, -0.05) is 41.7 Å². The maximum Gasteiger partial charge on any atom is 0.137 e. The monoisotopic (exact) mass is 356 g/mol. The maximum atomic E-state index is 6.16. The van der Waals surface area contributed by atoms with E-state index in [4.69, 9.17) is 39.5 Å². The number of hydrogen-bond acceptors (Lipinski definition) is 3. The number of hydrogen-bond donors (Lipinski definition) is 1. The lowest BCUT2D eigenvalue weighted by molar-refractivity contribution is 0.317. The molecule has 0 aliphatic heterocycles. The summed E-state index contributed by atoms with van der Waals surface area (Å²) in [4.78, 5) is 0. The predicted octanol–water partition coefficient (Wildman–Crippen LogP) is 5.88. The van der Waals surface area contributed by atoms with Crippen LogP contribution in [0.2, 0.25) is 15.1 Å². The molecule has 0 fully saturated rings. The number of halogens is 3. The van der Waals surface area contributed by atoms with Gasteiger partial charge in [0, 0.05) is 0 Å². The van der Waals surface area contributed by atoms with Crippen LogP contribution in [0.25, 0.3) is 0 Å². The van der Waals surface area contributed by atoms with E-state index in [2.05, 4.69) is 10.5 Å². The van der Waals surface area contributed by atoms with Crippen LogP contribution >= 0.6 is 34.8 Å². The molecule has 2 aromatic carbocycles. The Morgan fingerprint density at radius 3 is 2.55 bits per heavy atom. The van der Waals surface area contributed by atoms with Crippen LogP contribution in [0.5, 0.6) is 5.75 Å². The van der Waals surface area contributed by atoms with Crippen molar-refractivity contribution in [3.05, 3.63) is 57.0 Å². The van der Waals surface area contributed by atoms with Crippen LogP contribution in [0, 0.1) is 0 Å².